The summed E-state index contributed by atoms with van der Waals surface area (Å²) in [6.45, 7) is 6.29. The molecule has 0 radical (unpaired) electrons. The van der Waals surface area contributed by atoms with Gasteiger partial charge in [0.2, 0.25) is 0 Å². The first-order valence-corrected chi connectivity index (χ1v) is 10.5. The monoisotopic (exact) mass is 367 g/mol. The number of aromatic nitrogens is 2. The molecule has 0 N–H and O–H groups in total. The number of amides is 1. The predicted molar refractivity (Wildman–Crippen MR) is 95.5 cm³/mol. The Morgan fingerprint density at radius 3 is 2.48 bits per heavy atom. The molecule has 2 fully saturated rings. The minimum absolute atomic E-state index is 0.0806. The van der Waals surface area contributed by atoms with Crippen molar-refractivity contribution in [3.63, 3.8) is 0 Å². The van der Waals surface area contributed by atoms with E-state index in [1.807, 2.05) is 16.8 Å². The van der Waals surface area contributed by atoms with Crippen molar-refractivity contribution in [2.45, 2.75) is 19.4 Å². The van der Waals surface area contributed by atoms with Gasteiger partial charge in [0.15, 0.2) is 21.3 Å². The lowest BCUT2D eigenvalue weighted by molar-refractivity contribution is 0.0636. The molecular formula is C16H25N5O3S. The van der Waals surface area contributed by atoms with E-state index in [1.165, 1.54) is 0 Å². The van der Waals surface area contributed by atoms with Gasteiger partial charge in [0.1, 0.15) is 0 Å². The Morgan fingerprint density at radius 1 is 1.24 bits per heavy atom. The number of rotatable bonds is 4. The van der Waals surface area contributed by atoms with Crippen LogP contribution in [0.4, 0.5) is 5.82 Å². The molecule has 9 heteroatoms. The van der Waals surface area contributed by atoms with Crippen LogP contribution >= 0.6 is 0 Å². The molecule has 8 nitrogen and oxygen atoms in total. The smallest absolute Gasteiger partial charge is 0.274 e. The van der Waals surface area contributed by atoms with E-state index in [4.69, 9.17) is 0 Å². The number of likely N-dealkylation sites (N-methyl/N-ethyl adjacent to an activating group) is 1. The Hall–Kier alpha value is -1.74. The zero-order chi connectivity index (χ0) is 18.0. The van der Waals surface area contributed by atoms with Crippen molar-refractivity contribution in [2.75, 3.05) is 56.2 Å². The topological polar surface area (TPSA) is 86.7 Å². The lowest BCUT2D eigenvalue weighted by atomic mass is 10.2. The normalized spacial score (nSPS) is 23.6. The number of hydrogen-bond acceptors (Lipinski definition) is 7. The second-order valence-electron chi connectivity index (χ2n) is 6.67. The first-order valence-electron chi connectivity index (χ1n) is 8.68. The largest absolute Gasteiger partial charge is 0.354 e. The second-order valence-corrected chi connectivity index (χ2v) is 8.90. The van der Waals surface area contributed by atoms with Crippen LogP contribution in [-0.4, -0.2) is 91.6 Å². The SMILES string of the molecule is CCN1CCN(C(=O)c2ccc(N(C)C3CCS(=O)(=O)C3)nn2)CC1. The Morgan fingerprint density at radius 2 is 1.96 bits per heavy atom. The van der Waals surface area contributed by atoms with Gasteiger partial charge in [-0.15, -0.1) is 10.2 Å². The Bertz CT molecular complexity index is 714. The molecule has 1 amide bonds. The van der Waals surface area contributed by atoms with E-state index in [2.05, 4.69) is 22.0 Å². The van der Waals surface area contributed by atoms with E-state index in [0.717, 1.165) is 19.6 Å². The molecule has 138 valence electrons. The summed E-state index contributed by atoms with van der Waals surface area (Å²) in [6, 6.07) is 3.34. The molecule has 0 bridgehead atoms. The first kappa shape index (κ1) is 18.1. The number of carbonyl (C=O) groups is 1. The van der Waals surface area contributed by atoms with Gasteiger partial charge in [-0.25, -0.2) is 8.42 Å². The van der Waals surface area contributed by atoms with Crippen LogP contribution in [0.2, 0.25) is 0 Å². The first-order chi connectivity index (χ1) is 11.9. The number of piperazine rings is 1. The summed E-state index contributed by atoms with van der Waals surface area (Å²) in [6.07, 6.45) is 0.600. The van der Waals surface area contributed by atoms with Crippen LogP contribution < -0.4 is 4.90 Å². The van der Waals surface area contributed by atoms with Crippen molar-refractivity contribution in [3.05, 3.63) is 17.8 Å². The maximum absolute atomic E-state index is 12.5. The Labute approximate surface area is 148 Å². The van der Waals surface area contributed by atoms with Crippen molar-refractivity contribution in [2.24, 2.45) is 0 Å². The van der Waals surface area contributed by atoms with Crippen LogP contribution in [-0.2, 0) is 9.84 Å². The minimum atomic E-state index is -2.95. The molecule has 1 atom stereocenters. The highest BCUT2D eigenvalue weighted by Gasteiger charge is 2.31. The quantitative estimate of drug-likeness (QED) is 0.733. The molecule has 2 aliphatic rings. The maximum atomic E-state index is 12.5. The zero-order valence-electron chi connectivity index (χ0n) is 14.8. The molecule has 0 saturated carbocycles. The van der Waals surface area contributed by atoms with Gasteiger partial charge in [0, 0.05) is 39.3 Å². The Kier molecular flexibility index (Phi) is 5.24. The van der Waals surface area contributed by atoms with Gasteiger partial charge in [0.05, 0.1) is 11.5 Å². The van der Waals surface area contributed by atoms with Gasteiger partial charge >= 0.3 is 0 Å². The molecule has 0 aromatic carbocycles. The molecule has 1 aromatic rings. The number of carbonyl (C=O) groups excluding carboxylic acids is 1. The van der Waals surface area contributed by atoms with Gasteiger partial charge in [-0.1, -0.05) is 6.92 Å². The lowest BCUT2D eigenvalue weighted by Gasteiger charge is -2.33. The van der Waals surface area contributed by atoms with Crippen LogP contribution in [0.25, 0.3) is 0 Å². The summed E-state index contributed by atoms with van der Waals surface area (Å²) in [4.78, 5) is 18.5. The van der Waals surface area contributed by atoms with Gasteiger partial charge in [-0.2, -0.15) is 0 Å². The highest BCUT2D eigenvalue weighted by Crippen LogP contribution is 2.21. The van der Waals surface area contributed by atoms with Crippen molar-refractivity contribution in [3.8, 4) is 0 Å². The molecule has 25 heavy (non-hydrogen) atoms. The summed E-state index contributed by atoms with van der Waals surface area (Å²) in [5.74, 6) is 0.860. The molecule has 3 rings (SSSR count). The third kappa shape index (κ3) is 4.09. The van der Waals surface area contributed by atoms with E-state index >= 15 is 0 Å². The average Bonchev–Trinajstić information content (AvgIpc) is 3.00. The Balaban J connectivity index is 1.63. The fourth-order valence-corrected chi connectivity index (χ4v) is 5.10. The summed E-state index contributed by atoms with van der Waals surface area (Å²) in [5, 5.41) is 8.22. The predicted octanol–water partition coefficient (Wildman–Crippen LogP) is -0.122. The van der Waals surface area contributed by atoms with Crippen molar-refractivity contribution >= 4 is 21.6 Å². The molecule has 0 aliphatic carbocycles. The van der Waals surface area contributed by atoms with Gasteiger partial charge in [-0.3, -0.25) is 4.79 Å². The third-order valence-corrected chi connectivity index (χ3v) is 6.84. The van der Waals surface area contributed by atoms with Crippen LogP contribution in [0, 0.1) is 0 Å². The lowest BCUT2D eigenvalue weighted by Crippen LogP contribution is -2.48. The van der Waals surface area contributed by atoms with Gasteiger partial charge < -0.3 is 14.7 Å². The van der Waals surface area contributed by atoms with Crippen LogP contribution in [0.3, 0.4) is 0 Å². The fourth-order valence-electron chi connectivity index (χ4n) is 3.32. The summed E-state index contributed by atoms with van der Waals surface area (Å²) in [7, 11) is -1.13. The van der Waals surface area contributed by atoms with E-state index in [-0.39, 0.29) is 23.5 Å². The average molecular weight is 367 g/mol. The maximum Gasteiger partial charge on any atom is 0.274 e. The molecule has 1 unspecified atom stereocenters. The highest BCUT2D eigenvalue weighted by molar-refractivity contribution is 7.91. The van der Waals surface area contributed by atoms with E-state index in [1.54, 1.807) is 12.1 Å². The van der Waals surface area contributed by atoms with E-state index in [0.29, 0.717) is 31.0 Å². The van der Waals surface area contributed by atoms with Crippen LogP contribution in [0.1, 0.15) is 23.8 Å². The van der Waals surface area contributed by atoms with Gasteiger partial charge in [0.25, 0.3) is 5.91 Å². The number of nitrogens with zero attached hydrogens (tertiary/aromatic N) is 5. The molecule has 3 heterocycles. The molecular weight excluding hydrogens is 342 g/mol. The number of hydrogen-bond donors (Lipinski definition) is 0. The third-order valence-electron chi connectivity index (χ3n) is 5.09. The van der Waals surface area contributed by atoms with E-state index < -0.39 is 9.84 Å². The van der Waals surface area contributed by atoms with Crippen molar-refractivity contribution < 1.29 is 13.2 Å². The number of anilines is 1. The van der Waals surface area contributed by atoms with Gasteiger partial charge in [-0.05, 0) is 25.1 Å². The summed E-state index contributed by atoms with van der Waals surface area (Å²) >= 11 is 0. The molecule has 2 saturated heterocycles. The van der Waals surface area contributed by atoms with Crippen LogP contribution in [0.15, 0.2) is 12.1 Å². The highest BCUT2D eigenvalue weighted by atomic mass is 32.2. The second kappa shape index (κ2) is 7.25. The summed E-state index contributed by atoms with van der Waals surface area (Å²) < 4.78 is 23.2. The number of sulfone groups is 1. The zero-order valence-corrected chi connectivity index (χ0v) is 15.6. The standard InChI is InChI=1S/C16H25N5O3S/c1-3-20-7-9-21(10-8-20)16(22)14-4-5-15(18-17-14)19(2)13-6-11-25(23,24)12-13/h4-5,13H,3,6-12H2,1-2H3. The summed E-state index contributed by atoms with van der Waals surface area (Å²) in [5.41, 5.74) is 0.334. The minimum Gasteiger partial charge on any atom is -0.354 e. The van der Waals surface area contributed by atoms with E-state index in [9.17, 15) is 13.2 Å². The molecule has 2 aliphatic heterocycles. The molecule has 1 aromatic heterocycles. The molecule has 0 spiro atoms. The van der Waals surface area contributed by atoms with Crippen molar-refractivity contribution in [1.29, 1.82) is 0 Å². The van der Waals surface area contributed by atoms with Crippen molar-refractivity contribution in [1.82, 2.24) is 20.0 Å². The van der Waals surface area contributed by atoms with Crippen LogP contribution in [0.5, 0.6) is 0 Å². The fraction of sp³-hybridized carbons (Fsp3) is 0.688.